The van der Waals surface area contributed by atoms with Crippen LogP contribution in [0.25, 0.3) is 0 Å². The number of para-hydroxylation sites is 1. The molecular formula is C25H28ClN5O. The molecule has 1 aromatic heterocycles. The number of hydrogen-bond acceptors (Lipinski definition) is 3. The van der Waals surface area contributed by atoms with Gasteiger partial charge in [0.05, 0.1) is 29.5 Å². The summed E-state index contributed by atoms with van der Waals surface area (Å²) in [5, 5.41) is 8.68. The van der Waals surface area contributed by atoms with Crippen molar-refractivity contribution in [1.29, 1.82) is 0 Å². The smallest absolute Gasteiger partial charge is 0.318 e. The number of fused-ring (bicyclic) bond motifs is 1. The third-order valence-corrected chi connectivity index (χ3v) is 6.82. The minimum atomic E-state index is 0.0115. The van der Waals surface area contributed by atoms with Gasteiger partial charge in [0, 0.05) is 37.4 Å². The summed E-state index contributed by atoms with van der Waals surface area (Å²) < 4.78 is 2.09. The number of anilines is 1. The first kappa shape index (κ1) is 20.9. The van der Waals surface area contributed by atoms with Gasteiger partial charge in [0.1, 0.15) is 0 Å². The van der Waals surface area contributed by atoms with Crippen molar-refractivity contribution in [2.45, 2.75) is 31.8 Å². The molecule has 2 aromatic carbocycles. The van der Waals surface area contributed by atoms with E-state index >= 15 is 0 Å². The quantitative estimate of drug-likeness (QED) is 0.638. The Morgan fingerprint density at radius 3 is 2.56 bits per heavy atom. The largest absolute Gasteiger partial charge is 0.367 e. The Bertz CT molecular complexity index is 1070. The van der Waals surface area contributed by atoms with Crippen LogP contribution in [0.3, 0.4) is 0 Å². The molecule has 1 aliphatic carbocycles. The maximum absolute atomic E-state index is 13.0. The number of carbonyl (C=O) groups excluding carboxylic acids is 1. The minimum absolute atomic E-state index is 0.0115. The highest BCUT2D eigenvalue weighted by atomic mass is 35.5. The van der Waals surface area contributed by atoms with E-state index in [4.69, 9.17) is 11.6 Å². The second-order valence-corrected chi connectivity index (χ2v) is 8.92. The van der Waals surface area contributed by atoms with E-state index in [0.717, 1.165) is 55.2 Å². The van der Waals surface area contributed by atoms with Crippen molar-refractivity contribution < 1.29 is 4.79 Å². The van der Waals surface area contributed by atoms with Crippen molar-refractivity contribution >= 4 is 23.3 Å². The van der Waals surface area contributed by atoms with E-state index in [0.29, 0.717) is 13.1 Å². The molecule has 166 valence electrons. The highest BCUT2D eigenvalue weighted by Gasteiger charge is 2.28. The number of nitrogens with one attached hydrogen (secondary N) is 1. The Morgan fingerprint density at radius 2 is 1.78 bits per heavy atom. The molecule has 6 nitrogen and oxygen atoms in total. The summed E-state index contributed by atoms with van der Waals surface area (Å²) in [5.41, 5.74) is 4.68. The van der Waals surface area contributed by atoms with E-state index in [-0.39, 0.29) is 12.1 Å². The number of piperazine rings is 1. The molecule has 2 heterocycles. The van der Waals surface area contributed by atoms with Gasteiger partial charge in [-0.05, 0) is 37.0 Å². The second-order valence-electron chi connectivity index (χ2n) is 8.51. The lowest BCUT2D eigenvalue weighted by Gasteiger charge is -2.37. The molecular weight excluding hydrogens is 422 g/mol. The highest BCUT2D eigenvalue weighted by molar-refractivity contribution is 6.33. The second kappa shape index (κ2) is 9.25. The molecule has 5 rings (SSSR count). The molecule has 1 atom stereocenters. The van der Waals surface area contributed by atoms with Gasteiger partial charge in [-0.15, -0.1) is 0 Å². The Labute approximate surface area is 193 Å². The van der Waals surface area contributed by atoms with Gasteiger partial charge in [0.15, 0.2) is 0 Å². The Kier molecular flexibility index (Phi) is 6.04. The topological polar surface area (TPSA) is 53.4 Å². The van der Waals surface area contributed by atoms with Crippen molar-refractivity contribution in [3.05, 3.63) is 82.6 Å². The molecule has 2 amide bonds. The molecule has 1 fully saturated rings. The van der Waals surface area contributed by atoms with Gasteiger partial charge < -0.3 is 15.1 Å². The molecule has 0 spiro atoms. The lowest BCUT2D eigenvalue weighted by atomic mass is 9.93. The van der Waals surface area contributed by atoms with Crippen LogP contribution in [0.1, 0.15) is 35.7 Å². The Morgan fingerprint density at radius 1 is 1.03 bits per heavy atom. The fraction of sp³-hybridized carbons (Fsp3) is 0.360. The number of amides is 2. The molecule has 7 heteroatoms. The van der Waals surface area contributed by atoms with E-state index < -0.39 is 0 Å². The van der Waals surface area contributed by atoms with Crippen LogP contribution in [0.2, 0.25) is 5.02 Å². The fourth-order valence-corrected chi connectivity index (χ4v) is 5.02. The lowest BCUT2D eigenvalue weighted by Crippen LogP contribution is -2.52. The van der Waals surface area contributed by atoms with E-state index in [1.54, 1.807) is 0 Å². The van der Waals surface area contributed by atoms with Crippen LogP contribution >= 0.6 is 11.6 Å². The van der Waals surface area contributed by atoms with Crippen molar-refractivity contribution in [1.82, 2.24) is 20.0 Å². The van der Waals surface area contributed by atoms with Crippen LogP contribution in [0, 0.1) is 0 Å². The molecule has 1 aliphatic heterocycles. The highest BCUT2D eigenvalue weighted by Crippen LogP contribution is 2.30. The summed E-state index contributed by atoms with van der Waals surface area (Å²) in [6.45, 7) is 3.69. The zero-order valence-electron chi connectivity index (χ0n) is 18.1. The number of urea groups is 1. The summed E-state index contributed by atoms with van der Waals surface area (Å²) in [6.07, 6.45) is 4.96. The number of rotatable bonds is 4. The molecule has 2 aliphatic rings. The molecule has 1 saturated heterocycles. The Balaban J connectivity index is 1.21. The number of halogens is 1. The van der Waals surface area contributed by atoms with E-state index in [1.165, 1.54) is 11.3 Å². The van der Waals surface area contributed by atoms with Crippen LogP contribution in [-0.4, -0.2) is 46.9 Å². The average molecular weight is 450 g/mol. The first-order valence-corrected chi connectivity index (χ1v) is 11.7. The number of hydrogen-bond donors (Lipinski definition) is 1. The number of benzene rings is 2. The van der Waals surface area contributed by atoms with Gasteiger partial charge in [-0.25, -0.2) is 4.79 Å². The average Bonchev–Trinajstić information content (AvgIpc) is 3.24. The van der Waals surface area contributed by atoms with E-state index in [9.17, 15) is 4.79 Å². The standard InChI is InChI=1S/C25H28ClN5O/c26-21-9-4-5-11-24(21)29-13-15-30(16-14-29)25(32)28-22-10-6-12-23-20(22)17-27-31(23)18-19-7-2-1-3-8-19/h1-5,7-9,11,17,22H,6,10,12-16,18H2,(H,28,32). The van der Waals surface area contributed by atoms with Gasteiger partial charge in [-0.2, -0.15) is 5.10 Å². The molecule has 3 aromatic rings. The van der Waals surface area contributed by atoms with Crippen molar-refractivity contribution in [3.63, 3.8) is 0 Å². The molecule has 1 N–H and O–H groups in total. The third kappa shape index (κ3) is 4.32. The van der Waals surface area contributed by atoms with Crippen LogP contribution in [0.4, 0.5) is 10.5 Å². The maximum atomic E-state index is 13.0. The monoisotopic (exact) mass is 449 g/mol. The van der Waals surface area contributed by atoms with Crippen molar-refractivity contribution in [2.75, 3.05) is 31.1 Å². The molecule has 32 heavy (non-hydrogen) atoms. The van der Waals surface area contributed by atoms with Crippen LogP contribution in [0.15, 0.2) is 60.8 Å². The zero-order valence-corrected chi connectivity index (χ0v) is 18.8. The maximum Gasteiger partial charge on any atom is 0.318 e. The number of aromatic nitrogens is 2. The Hall–Kier alpha value is -2.99. The molecule has 0 radical (unpaired) electrons. The zero-order chi connectivity index (χ0) is 21.9. The lowest BCUT2D eigenvalue weighted by molar-refractivity contribution is 0.189. The minimum Gasteiger partial charge on any atom is -0.367 e. The van der Waals surface area contributed by atoms with Crippen LogP contribution < -0.4 is 10.2 Å². The van der Waals surface area contributed by atoms with Crippen molar-refractivity contribution in [3.8, 4) is 0 Å². The first-order chi connectivity index (χ1) is 15.7. The number of carbonyl (C=O) groups is 1. The van der Waals surface area contributed by atoms with E-state index in [1.807, 2.05) is 41.4 Å². The third-order valence-electron chi connectivity index (χ3n) is 6.50. The summed E-state index contributed by atoms with van der Waals surface area (Å²) >= 11 is 6.34. The summed E-state index contributed by atoms with van der Waals surface area (Å²) in [4.78, 5) is 17.2. The predicted octanol–water partition coefficient (Wildman–Crippen LogP) is 4.49. The predicted molar refractivity (Wildman–Crippen MR) is 127 cm³/mol. The van der Waals surface area contributed by atoms with Gasteiger partial charge in [0.25, 0.3) is 0 Å². The normalized spacial score (nSPS) is 18.3. The fourth-order valence-electron chi connectivity index (χ4n) is 4.76. The van der Waals surface area contributed by atoms with Crippen LogP contribution in [0.5, 0.6) is 0 Å². The van der Waals surface area contributed by atoms with Gasteiger partial charge in [-0.1, -0.05) is 54.1 Å². The SMILES string of the molecule is O=C(NC1CCCc2c1cnn2Cc1ccccc1)N1CCN(c2ccccc2Cl)CC1. The van der Waals surface area contributed by atoms with Gasteiger partial charge in [0.2, 0.25) is 0 Å². The molecule has 1 unspecified atom stereocenters. The van der Waals surface area contributed by atoms with E-state index in [2.05, 4.69) is 44.3 Å². The molecule has 0 saturated carbocycles. The summed E-state index contributed by atoms with van der Waals surface area (Å²) in [6, 6.07) is 18.3. The number of nitrogens with zero attached hydrogens (tertiary/aromatic N) is 4. The first-order valence-electron chi connectivity index (χ1n) is 11.3. The van der Waals surface area contributed by atoms with Crippen LogP contribution in [-0.2, 0) is 13.0 Å². The van der Waals surface area contributed by atoms with Crippen molar-refractivity contribution in [2.24, 2.45) is 0 Å². The molecule has 0 bridgehead atoms. The van der Waals surface area contributed by atoms with Gasteiger partial charge >= 0.3 is 6.03 Å². The van der Waals surface area contributed by atoms with Gasteiger partial charge in [-0.3, -0.25) is 4.68 Å². The summed E-state index contributed by atoms with van der Waals surface area (Å²) in [7, 11) is 0. The summed E-state index contributed by atoms with van der Waals surface area (Å²) in [5.74, 6) is 0.